The molecule has 0 radical (unpaired) electrons. The third kappa shape index (κ3) is 5.23. The van der Waals surface area contributed by atoms with Crippen molar-refractivity contribution in [2.45, 2.75) is 31.7 Å². The van der Waals surface area contributed by atoms with E-state index in [1.807, 2.05) is 24.3 Å². The third-order valence-corrected chi connectivity index (χ3v) is 4.84. The molecule has 3 amide bonds. The van der Waals surface area contributed by atoms with Crippen molar-refractivity contribution in [1.29, 1.82) is 0 Å². The Balaban J connectivity index is 1.48. The molecule has 0 aromatic heterocycles. The summed E-state index contributed by atoms with van der Waals surface area (Å²) in [5.41, 5.74) is 4.38. The van der Waals surface area contributed by atoms with Crippen molar-refractivity contribution >= 4 is 17.8 Å². The summed E-state index contributed by atoms with van der Waals surface area (Å²) in [5.74, 6) is 0.368. The van der Waals surface area contributed by atoms with Gasteiger partial charge in [-0.25, -0.2) is 9.59 Å². The predicted octanol–water partition coefficient (Wildman–Crippen LogP) is 3.78. The largest absolute Gasteiger partial charge is 0.453 e. The van der Waals surface area contributed by atoms with Gasteiger partial charge >= 0.3 is 12.1 Å². The number of urea groups is 1. The van der Waals surface area contributed by atoms with Gasteiger partial charge in [-0.2, -0.15) is 0 Å². The second-order valence-corrected chi connectivity index (χ2v) is 6.67. The van der Waals surface area contributed by atoms with E-state index in [1.165, 1.54) is 18.2 Å². The van der Waals surface area contributed by atoms with Crippen molar-refractivity contribution in [1.82, 2.24) is 10.6 Å². The van der Waals surface area contributed by atoms with Gasteiger partial charge in [-0.15, -0.1) is 0 Å². The second-order valence-electron chi connectivity index (χ2n) is 6.67. The van der Waals surface area contributed by atoms with Gasteiger partial charge in [0.15, 0.2) is 0 Å². The zero-order valence-corrected chi connectivity index (χ0v) is 15.5. The van der Waals surface area contributed by atoms with Crippen molar-refractivity contribution in [3.63, 3.8) is 0 Å². The van der Waals surface area contributed by atoms with Gasteiger partial charge in [-0.05, 0) is 48.1 Å². The molecule has 0 unspecified atom stereocenters. The van der Waals surface area contributed by atoms with Crippen LogP contribution >= 0.6 is 0 Å². The summed E-state index contributed by atoms with van der Waals surface area (Å²) in [5, 5.41) is 8.44. The first-order valence-corrected chi connectivity index (χ1v) is 9.19. The standard InChI is InChI=1S/C21H25N3O3/c1-27-21(26)23-13-15-9-11-18(12-10-15)24-20(25)22-14-17-7-4-6-16-5-2-3-8-19(16)17/h2-3,5,8-12,17H,4,6-7,13-14H2,1H3,(H,23,26)(H2,22,24,25)/t17-/m1/s1. The Morgan fingerprint density at radius 2 is 1.85 bits per heavy atom. The molecule has 0 fully saturated rings. The molecule has 6 nitrogen and oxygen atoms in total. The van der Waals surface area contributed by atoms with Crippen LogP contribution in [0.4, 0.5) is 15.3 Å². The number of carbonyl (C=O) groups excluding carboxylic acids is 2. The van der Waals surface area contributed by atoms with E-state index >= 15 is 0 Å². The maximum absolute atomic E-state index is 12.2. The number of alkyl carbamates (subject to hydrolysis) is 1. The smallest absolute Gasteiger partial charge is 0.407 e. The number of fused-ring (bicyclic) bond motifs is 1. The normalized spacial score (nSPS) is 15.4. The lowest BCUT2D eigenvalue weighted by atomic mass is 9.83. The summed E-state index contributed by atoms with van der Waals surface area (Å²) >= 11 is 0. The second kappa shape index (κ2) is 9.07. The lowest BCUT2D eigenvalue weighted by Gasteiger charge is -2.25. The lowest BCUT2D eigenvalue weighted by Crippen LogP contribution is -2.33. The number of carbonyl (C=O) groups is 2. The fourth-order valence-corrected chi connectivity index (χ4v) is 3.41. The number of hydrogen-bond donors (Lipinski definition) is 3. The summed E-state index contributed by atoms with van der Waals surface area (Å²) in [4.78, 5) is 23.3. The summed E-state index contributed by atoms with van der Waals surface area (Å²) in [6.07, 6.45) is 2.90. The maximum atomic E-state index is 12.2. The Morgan fingerprint density at radius 3 is 2.63 bits per heavy atom. The molecule has 0 saturated heterocycles. The van der Waals surface area contributed by atoms with Gasteiger partial charge in [-0.1, -0.05) is 36.4 Å². The quantitative estimate of drug-likeness (QED) is 0.752. The van der Waals surface area contributed by atoms with Crippen LogP contribution in [-0.2, 0) is 17.7 Å². The molecular formula is C21H25N3O3. The van der Waals surface area contributed by atoms with Crippen molar-refractivity contribution < 1.29 is 14.3 Å². The zero-order valence-electron chi connectivity index (χ0n) is 15.5. The molecule has 1 aliphatic rings. The fourth-order valence-electron chi connectivity index (χ4n) is 3.41. The summed E-state index contributed by atoms with van der Waals surface area (Å²) in [7, 11) is 1.33. The average Bonchev–Trinajstić information content (AvgIpc) is 2.71. The van der Waals surface area contributed by atoms with Crippen LogP contribution in [0.1, 0.15) is 35.4 Å². The van der Waals surface area contributed by atoms with Crippen LogP contribution in [0.3, 0.4) is 0 Å². The number of amides is 3. The fraction of sp³-hybridized carbons (Fsp3) is 0.333. The number of anilines is 1. The molecule has 27 heavy (non-hydrogen) atoms. The Morgan fingerprint density at radius 1 is 1.07 bits per heavy atom. The average molecular weight is 367 g/mol. The molecule has 0 spiro atoms. The first-order chi connectivity index (χ1) is 13.2. The van der Waals surface area contributed by atoms with E-state index in [9.17, 15) is 9.59 Å². The maximum Gasteiger partial charge on any atom is 0.407 e. The summed E-state index contributed by atoms with van der Waals surface area (Å²) < 4.78 is 4.53. The number of ether oxygens (including phenoxy) is 1. The molecule has 3 N–H and O–H groups in total. The highest BCUT2D eigenvalue weighted by Crippen LogP contribution is 2.30. The highest BCUT2D eigenvalue weighted by Gasteiger charge is 2.20. The predicted molar refractivity (Wildman–Crippen MR) is 105 cm³/mol. The number of aryl methyl sites for hydroxylation is 1. The van der Waals surface area contributed by atoms with Crippen LogP contribution < -0.4 is 16.0 Å². The van der Waals surface area contributed by atoms with E-state index in [1.54, 1.807) is 0 Å². The number of nitrogens with one attached hydrogen (secondary N) is 3. The number of methoxy groups -OCH3 is 1. The van der Waals surface area contributed by atoms with Gasteiger partial charge in [0.1, 0.15) is 0 Å². The minimum atomic E-state index is -0.471. The van der Waals surface area contributed by atoms with Crippen LogP contribution in [0.2, 0.25) is 0 Å². The Bertz CT molecular complexity index is 790. The van der Waals surface area contributed by atoms with Crippen LogP contribution in [0.5, 0.6) is 0 Å². The minimum absolute atomic E-state index is 0.210. The van der Waals surface area contributed by atoms with Crippen molar-refractivity contribution in [3.8, 4) is 0 Å². The molecule has 1 aliphatic carbocycles. The molecule has 0 aliphatic heterocycles. The monoisotopic (exact) mass is 367 g/mol. The topological polar surface area (TPSA) is 79.5 Å². The van der Waals surface area contributed by atoms with Crippen molar-refractivity contribution in [2.75, 3.05) is 19.0 Å². The number of rotatable bonds is 5. The van der Waals surface area contributed by atoms with Crippen LogP contribution in [0, 0.1) is 0 Å². The van der Waals surface area contributed by atoms with E-state index in [4.69, 9.17) is 0 Å². The van der Waals surface area contributed by atoms with Gasteiger partial charge in [-0.3, -0.25) is 0 Å². The van der Waals surface area contributed by atoms with Crippen LogP contribution in [0.25, 0.3) is 0 Å². The zero-order chi connectivity index (χ0) is 19.1. The molecule has 6 heteroatoms. The SMILES string of the molecule is COC(=O)NCc1ccc(NC(=O)NC[C@H]2CCCc3ccccc32)cc1. The molecular weight excluding hydrogens is 342 g/mol. The van der Waals surface area contributed by atoms with Crippen molar-refractivity contribution in [2.24, 2.45) is 0 Å². The molecule has 0 heterocycles. The first kappa shape index (κ1) is 18.8. The molecule has 2 aromatic carbocycles. The summed E-state index contributed by atoms with van der Waals surface area (Å²) in [6, 6.07) is 15.6. The van der Waals surface area contributed by atoms with E-state index in [0.29, 0.717) is 24.7 Å². The number of benzene rings is 2. The molecule has 2 aromatic rings. The van der Waals surface area contributed by atoms with E-state index < -0.39 is 6.09 Å². The van der Waals surface area contributed by atoms with Crippen LogP contribution in [-0.4, -0.2) is 25.8 Å². The molecule has 3 rings (SSSR count). The van der Waals surface area contributed by atoms with Gasteiger partial charge in [0.25, 0.3) is 0 Å². The molecule has 0 bridgehead atoms. The minimum Gasteiger partial charge on any atom is -0.453 e. The van der Waals surface area contributed by atoms with Gasteiger partial charge in [0.05, 0.1) is 7.11 Å². The molecule has 1 atom stereocenters. The van der Waals surface area contributed by atoms with E-state index in [2.05, 4.69) is 45.0 Å². The molecule has 0 saturated carbocycles. The van der Waals surface area contributed by atoms with Gasteiger partial charge < -0.3 is 20.7 Å². The third-order valence-electron chi connectivity index (χ3n) is 4.84. The molecule has 142 valence electrons. The Hall–Kier alpha value is -3.02. The van der Waals surface area contributed by atoms with E-state index in [-0.39, 0.29) is 6.03 Å². The lowest BCUT2D eigenvalue weighted by molar-refractivity contribution is 0.170. The highest BCUT2D eigenvalue weighted by molar-refractivity contribution is 5.89. The van der Waals surface area contributed by atoms with Gasteiger partial charge in [0.2, 0.25) is 0 Å². The first-order valence-electron chi connectivity index (χ1n) is 9.19. The number of hydrogen-bond acceptors (Lipinski definition) is 3. The summed E-state index contributed by atoms with van der Waals surface area (Å²) in [6.45, 7) is 1.00. The Kier molecular flexibility index (Phi) is 6.30. The van der Waals surface area contributed by atoms with Gasteiger partial charge in [0, 0.05) is 24.7 Å². The van der Waals surface area contributed by atoms with Crippen LogP contribution in [0.15, 0.2) is 48.5 Å². The van der Waals surface area contributed by atoms with E-state index in [0.717, 1.165) is 24.8 Å². The Labute approximate surface area is 159 Å². The highest BCUT2D eigenvalue weighted by atomic mass is 16.5. The van der Waals surface area contributed by atoms with Crippen molar-refractivity contribution in [3.05, 3.63) is 65.2 Å².